The number of benzene rings is 1. The van der Waals surface area contributed by atoms with Crippen molar-refractivity contribution in [1.29, 1.82) is 0 Å². The summed E-state index contributed by atoms with van der Waals surface area (Å²) in [6.07, 6.45) is 3.43. The van der Waals surface area contributed by atoms with Gasteiger partial charge in [-0.1, -0.05) is 12.1 Å². The Balaban J connectivity index is 2.19. The molecule has 0 spiro atoms. The lowest BCUT2D eigenvalue weighted by molar-refractivity contribution is 0.873. The minimum atomic E-state index is 0.00647. The molecule has 4 aromatic rings. The fourth-order valence-corrected chi connectivity index (χ4v) is 2.63. The Hall–Kier alpha value is -2.95. The largest absolute Gasteiger partial charge is 0.339 e. The molecule has 0 amide bonds. The molecule has 3 aromatic heterocycles. The van der Waals surface area contributed by atoms with Crippen molar-refractivity contribution in [2.75, 3.05) is 0 Å². The molecule has 0 fully saturated rings. The second kappa shape index (κ2) is 4.28. The number of hydrogen-bond donors (Lipinski definition) is 1. The van der Waals surface area contributed by atoms with Crippen molar-refractivity contribution >= 4 is 21.9 Å². The molecule has 4 rings (SSSR count). The predicted octanol–water partition coefficient (Wildman–Crippen LogP) is 2.57. The van der Waals surface area contributed by atoms with Crippen molar-refractivity contribution in [3.05, 3.63) is 64.7 Å². The van der Waals surface area contributed by atoms with E-state index in [1.165, 1.54) is 0 Å². The Morgan fingerprint density at radius 3 is 2.81 bits per heavy atom. The molecule has 0 aliphatic rings. The highest BCUT2D eigenvalue weighted by Crippen LogP contribution is 2.20. The number of rotatable bonds is 1. The summed E-state index contributed by atoms with van der Waals surface area (Å²) in [4.78, 5) is 20.1. The van der Waals surface area contributed by atoms with E-state index in [-0.39, 0.29) is 5.43 Å². The predicted molar refractivity (Wildman–Crippen MR) is 81.7 cm³/mol. The number of H-pyrrole nitrogens is 1. The van der Waals surface area contributed by atoms with E-state index < -0.39 is 0 Å². The molecule has 0 bridgehead atoms. The minimum absolute atomic E-state index is 0.00647. The highest BCUT2D eigenvalue weighted by molar-refractivity contribution is 5.92. The van der Waals surface area contributed by atoms with Crippen molar-refractivity contribution in [2.24, 2.45) is 0 Å². The molecular weight excluding hydrogens is 264 g/mol. The van der Waals surface area contributed by atoms with E-state index in [0.717, 1.165) is 11.2 Å². The maximum absolute atomic E-state index is 12.7. The van der Waals surface area contributed by atoms with Crippen LogP contribution in [0.25, 0.3) is 27.6 Å². The van der Waals surface area contributed by atoms with E-state index in [1.807, 2.05) is 43.3 Å². The summed E-state index contributed by atoms with van der Waals surface area (Å²) in [6.45, 7) is 1.85. The van der Waals surface area contributed by atoms with Crippen molar-refractivity contribution < 1.29 is 0 Å². The Morgan fingerprint density at radius 2 is 2.00 bits per heavy atom. The Labute approximate surface area is 119 Å². The summed E-state index contributed by atoms with van der Waals surface area (Å²) in [5.74, 6) is 0. The zero-order valence-electron chi connectivity index (χ0n) is 11.4. The molecule has 0 radical (unpaired) electrons. The monoisotopic (exact) mass is 276 g/mol. The minimum Gasteiger partial charge on any atom is -0.339 e. The van der Waals surface area contributed by atoms with Crippen LogP contribution >= 0.6 is 0 Å². The quantitative estimate of drug-likeness (QED) is 0.581. The fourth-order valence-electron chi connectivity index (χ4n) is 2.63. The molecule has 0 saturated carbocycles. The van der Waals surface area contributed by atoms with Gasteiger partial charge in [0.2, 0.25) is 5.43 Å². The Morgan fingerprint density at radius 1 is 1.14 bits per heavy atom. The van der Waals surface area contributed by atoms with E-state index in [4.69, 9.17) is 0 Å². The molecule has 3 heterocycles. The summed E-state index contributed by atoms with van der Waals surface area (Å²) in [7, 11) is 0. The van der Waals surface area contributed by atoms with Gasteiger partial charge in [-0.15, -0.1) is 0 Å². The average molecular weight is 276 g/mol. The van der Waals surface area contributed by atoms with Crippen LogP contribution in [-0.2, 0) is 0 Å². The van der Waals surface area contributed by atoms with Gasteiger partial charge in [-0.2, -0.15) is 5.10 Å². The molecule has 0 saturated heterocycles. The molecule has 0 unspecified atom stereocenters. The van der Waals surface area contributed by atoms with Crippen LogP contribution in [-0.4, -0.2) is 19.7 Å². The average Bonchev–Trinajstić information content (AvgIpc) is 2.86. The molecule has 5 heteroatoms. The van der Waals surface area contributed by atoms with Gasteiger partial charge in [0.05, 0.1) is 28.5 Å². The molecule has 1 aromatic carbocycles. The highest BCUT2D eigenvalue weighted by Gasteiger charge is 2.14. The summed E-state index contributed by atoms with van der Waals surface area (Å²) in [5, 5.41) is 5.79. The van der Waals surface area contributed by atoms with E-state index in [1.54, 1.807) is 17.1 Å². The first kappa shape index (κ1) is 11.8. The van der Waals surface area contributed by atoms with E-state index in [2.05, 4.69) is 15.1 Å². The maximum Gasteiger partial charge on any atom is 0.200 e. The van der Waals surface area contributed by atoms with Crippen LogP contribution in [0.2, 0.25) is 0 Å². The fraction of sp³-hybridized carbons (Fsp3) is 0.0625. The summed E-state index contributed by atoms with van der Waals surface area (Å²) >= 11 is 0. The van der Waals surface area contributed by atoms with Crippen LogP contribution in [0.5, 0.6) is 0 Å². The topological polar surface area (TPSA) is 63.6 Å². The van der Waals surface area contributed by atoms with Crippen LogP contribution in [0, 0.1) is 6.92 Å². The van der Waals surface area contributed by atoms with Crippen molar-refractivity contribution in [3.8, 4) is 5.69 Å². The van der Waals surface area contributed by atoms with Gasteiger partial charge in [0, 0.05) is 11.6 Å². The van der Waals surface area contributed by atoms with Gasteiger partial charge < -0.3 is 4.98 Å². The molecule has 5 nitrogen and oxygen atoms in total. The Bertz CT molecular complexity index is 1010. The number of pyridine rings is 2. The zero-order chi connectivity index (χ0) is 14.4. The first-order valence-corrected chi connectivity index (χ1v) is 6.66. The van der Waals surface area contributed by atoms with Gasteiger partial charge in [-0.05, 0) is 31.2 Å². The second-order valence-corrected chi connectivity index (χ2v) is 4.93. The lowest BCUT2D eigenvalue weighted by Crippen LogP contribution is -2.05. The van der Waals surface area contributed by atoms with Crippen molar-refractivity contribution in [1.82, 2.24) is 19.7 Å². The van der Waals surface area contributed by atoms with Gasteiger partial charge in [0.25, 0.3) is 0 Å². The van der Waals surface area contributed by atoms with Crippen LogP contribution < -0.4 is 5.43 Å². The van der Waals surface area contributed by atoms with Crippen molar-refractivity contribution in [3.63, 3.8) is 0 Å². The molecule has 0 aliphatic carbocycles. The number of fused-ring (bicyclic) bond motifs is 2. The van der Waals surface area contributed by atoms with Crippen LogP contribution in [0.3, 0.4) is 0 Å². The molecule has 21 heavy (non-hydrogen) atoms. The normalized spacial score (nSPS) is 11.3. The third-order valence-corrected chi connectivity index (χ3v) is 3.60. The van der Waals surface area contributed by atoms with Crippen LogP contribution in [0.1, 0.15) is 5.69 Å². The molecule has 1 N–H and O–H groups in total. The highest BCUT2D eigenvalue weighted by atomic mass is 16.1. The number of para-hydroxylation sites is 1. The van der Waals surface area contributed by atoms with Gasteiger partial charge in [-0.25, -0.2) is 4.68 Å². The molecular formula is C16H12N4O. The number of aryl methyl sites for hydroxylation is 1. The van der Waals surface area contributed by atoms with Crippen LogP contribution in [0.15, 0.2) is 53.6 Å². The van der Waals surface area contributed by atoms with Gasteiger partial charge >= 0.3 is 0 Å². The van der Waals surface area contributed by atoms with E-state index in [9.17, 15) is 4.79 Å². The number of aromatic nitrogens is 4. The van der Waals surface area contributed by atoms with Crippen LogP contribution in [0.4, 0.5) is 0 Å². The third-order valence-electron chi connectivity index (χ3n) is 3.60. The second-order valence-electron chi connectivity index (χ2n) is 4.93. The Kier molecular flexibility index (Phi) is 2.41. The third kappa shape index (κ3) is 1.67. The lowest BCUT2D eigenvalue weighted by atomic mass is 10.1. The van der Waals surface area contributed by atoms with Crippen molar-refractivity contribution in [2.45, 2.75) is 6.92 Å². The molecule has 0 atom stereocenters. The van der Waals surface area contributed by atoms with Gasteiger partial charge in [-0.3, -0.25) is 9.78 Å². The standard InChI is InChI=1S/C16H12N4O/c1-10-14-15(21)12-6-2-3-7-13(12)18-16(14)20(19-10)11-5-4-8-17-9-11/h2-9H,1H3,(H,18,21). The summed E-state index contributed by atoms with van der Waals surface area (Å²) < 4.78 is 1.73. The number of aromatic amines is 1. The maximum atomic E-state index is 12.7. The zero-order valence-corrected chi connectivity index (χ0v) is 11.4. The van der Waals surface area contributed by atoms with Gasteiger partial charge in [0.1, 0.15) is 5.65 Å². The number of nitrogens with one attached hydrogen (secondary N) is 1. The molecule has 0 aliphatic heterocycles. The molecule has 102 valence electrons. The first-order chi connectivity index (χ1) is 10.3. The smallest absolute Gasteiger partial charge is 0.200 e. The van der Waals surface area contributed by atoms with Gasteiger partial charge in [0.15, 0.2) is 0 Å². The lowest BCUT2D eigenvalue weighted by Gasteiger charge is -2.03. The van der Waals surface area contributed by atoms with E-state index in [0.29, 0.717) is 22.1 Å². The SMILES string of the molecule is Cc1nn(-c2cccnc2)c2[nH]c3ccccc3c(=O)c12. The first-order valence-electron chi connectivity index (χ1n) is 6.66. The summed E-state index contributed by atoms with van der Waals surface area (Å²) in [5.41, 5.74) is 3.04. The summed E-state index contributed by atoms with van der Waals surface area (Å²) in [6, 6.07) is 11.2. The van der Waals surface area contributed by atoms with E-state index >= 15 is 0 Å². The number of nitrogens with zero attached hydrogens (tertiary/aromatic N) is 3. The number of hydrogen-bond acceptors (Lipinski definition) is 3.